The Balaban J connectivity index is 2.59. The fourth-order valence-corrected chi connectivity index (χ4v) is 2.16. The van der Waals surface area contributed by atoms with Gasteiger partial charge in [-0.05, 0) is 19.8 Å². The van der Waals surface area contributed by atoms with Crippen LogP contribution in [0.1, 0.15) is 19.8 Å². The molecule has 20 heavy (non-hydrogen) atoms. The van der Waals surface area contributed by atoms with Crippen LogP contribution in [0.2, 0.25) is 0 Å². The van der Waals surface area contributed by atoms with E-state index < -0.39 is 12.1 Å². The summed E-state index contributed by atoms with van der Waals surface area (Å²) in [5.74, 6) is -0.384. The van der Waals surface area contributed by atoms with Gasteiger partial charge < -0.3 is 25.4 Å². The molecule has 0 spiro atoms. The molecule has 0 saturated carbocycles. The lowest BCUT2D eigenvalue weighted by molar-refractivity contribution is -0.149. The summed E-state index contributed by atoms with van der Waals surface area (Å²) in [5.41, 5.74) is 5.91. The zero-order valence-corrected chi connectivity index (χ0v) is 12.3. The number of nitrogens with zero attached hydrogens (tertiary/aromatic N) is 1. The number of likely N-dealkylation sites (N-methyl/N-ethyl adjacent to an activating group) is 1. The molecule has 116 valence electrons. The number of carbonyl (C=O) groups is 2. The third kappa shape index (κ3) is 4.73. The quantitative estimate of drug-likeness (QED) is 0.592. The molecule has 7 heteroatoms. The summed E-state index contributed by atoms with van der Waals surface area (Å²) in [6.07, 6.45) is 1.27. The molecule has 1 rings (SSSR count). The van der Waals surface area contributed by atoms with Crippen LogP contribution in [-0.4, -0.2) is 68.8 Å². The number of ether oxygens (including phenoxy) is 2. The molecule has 0 bridgehead atoms. The first-order valence-electron chi connectivity index (χ1n) is 7.02. The van der Waals surface area contributed by atoms with Gasteiger partial charge in [-0.2, -0.15) is 0 Å². The van der Waals surface area contributed by atoms with Crippen molar-refractivity contribution in [3.8, 4) is 0 Å². The minimum atomic E-state index is -0.597. The largest absolute Gasteiger partial charge is 0.385 e. The van der Waals surface area contributed by atoms with E-state index in [0.717, 1.165) is 6.42 Å². The van der Waals surface area contributed by atoms with Crippen molar-refractivity contribution >= 4 is 11.8 Å². The number of hydrogen-bond donors (Lipinski definition) is 2. The van der Waals surface area contributed by atoms with E-state index in [4.69, 9.17) is 15.2 Å². The highest BCUT2D eigenvalue weighted by atomic mass is 16.5. The summed E-state index contributed by atoms with van der Waals surface area (Å²) in [5, 5.41) is 2.72. The molecule has 0 aromatic rings. The van der Waals surface area contributed by atoms with Gasteiger partial charge in [0, 0.05) is 26.8 Å². The van der Waals surface area contributed by atoms with Crippen LogP contribution in [0.5, 0.6) is 0 Å². The van der Waals surface area contributed by atoms with Gasteiger partial charge >= 0.3 is 0 Å². The van der Waals surface area contributed by atoms with E-state index in [0.29, 0.717) is 32.7 Å². The lowest BCUT2D eigenvalue weighted by Crippen LogP contribution is -2.59. The maximum absolute atomic E-state index is 12.3. The Morgan fingerprint density at radius 3 is 2.95 bits per heavy atom. The van der Waals surface area contributed by atoms with Crippen molar-refractivity contribution in [2.24, 2.45) is 5.73 Å². The van der Waals surface area contributed by atoms with Crippen LogP contribution in [0.4, 0.5) is 0 Å². The Hall–Kier alpha value is -1.18. The first kappa shape index (κ1) is 16.9. The van der Waals surface area contributed by atoms with E-state index in [2.05, 4.69) is 5.32 Å². The summed E-state index contributed by atoms with van der Waals surface area (Å²) < 4.78 is 10.2. The minimum Gasteiger partial charge on any atom is -0.385 e. The van der Waals surface area contributed by atoms with Gasteiger partial charge in [0.1, 0.15) is 6.04 Å². The standard InChI is InChI=1S/C13H25N3O4/c1-3-15-12(17)11-9-20-8-6-16(11)13(18)10(14)5-4-7-19-2/h10-11H,3-9,14H2,1-2H3,(H,15,17). The topological polar surface area (TPSA) is 93.9 Å². The van der Waals surface area contributed by atoms with Crippen LogP contribution in [0, 0.1) is 0 Å². The highest BCUT2D eigenvalue weighted by Gasteiger charge is 2.34. The predicted octanol–water partition coefficient (Wildman–Crippen LogP) is -0.896. The van der Waals surface area contributed by atoms with Gasteiger partial charge in [0.15, 0.2) is 0 Å². The lowest BCUT2D eigenvalue weighted by Gasteiger charge is -2.36. The fraction of sp³-hybridized carbons (Fsp3) is 0.846. The van der Waals surface area contributed by atoms with Crippen molar-refractivity contribution in [1.82, 2.24) is 10.2 Å². The third-order valence-corrected chi connectivity index (χ3v) is 3.25. The SMILES string of the molecule is CCNC(=O)C1COCCN1C(=O)C(N)CCCOC. The van der Waals surface area contributed by atoms with Gasteiger partial charge in [-0.25, -0.2) is 0 Å². The number of methoxy groups -OCH3 is 1. The maximum Gasteiger partial charge on any atom is 0.245 e. The number of rotatable bonds is 7. The molecule has 0 aromatic heterocycles. The molecule has 1 aliphatic rings. The van der Waals surface area contributed by atoms with Gasteiger partial charge in [-0.15, -0.1) is 0 Å². The highest BCUT2D eigenvalue weighted by Crippen LogP contribution is 2.11. The van der Waals surface area contributed by atoms with E-state index in [-0.39, 0.29) is 18.4 Å². The molecular weight excluding hydrogens is 262 g/mol. The zero-order chi connectivity index (χ0) is 15.0. The normalized spacial score (nSPS) is 20.6. The summed E-state index contributed by atoms with van der Waals surface area (Å²) in [4.78, 5) is 25.8. The molecule has 2 amide bonds. The van der Waals surface area contributed by atoms with Crippen molar-refractivity contribution in [1.29, 1.82) is 0 Å². The molecule has 1 fully saturated rings. The molecular formula is C13H25N3O4. The molecule has 2 atom stereocenters. The van der Waals surface area contributed by atoms with Crippen LogP contribution < -0.4 is 11.1 Å². The monoisotopic (exact) mass is 287 g/mol. The lowest BCUT2D eigenvalue weighted by atomic mass is 10.1. The van der Waals surface area contributed by atoms with Gasteiger partial charge in [0.05, 0.1) is 19.3 Å². The Labute approximate surface area is 119 Å². The van der Waals surface area contributed by atoms with Crippen molar-refractivity contribution < 1.29 is 19.1 Å². The Kier molecular flexibility index (Phi) is 7.50. The van der Waals surface area contributed by atoms with E-state index in [1.165, 1.54) is 4.90 Å². The number of morpholine rings is 1. The fourth-order valence-electron chi connectivity index (χ4n) is 2.16. The molecule has 0 aliphatic carbocycles. The number of nitrogens with two attached hydrogens (primary N) is 1. The molecule has 2 unspecified atom stereocenters. The smallest absolute Gasteiger partial charge is 0.245 e. The molecule has 1 heterocycles. The third-order valence-electron chi connectivity index (χ3n) is 3.25. The summed E-state index contributed by atoms with van der Waals surface area (Å²) in [6.45, 7) is 4.00. The van der Waals surface area contributed by atoms with Crippen LogP contribution in [0.25, 0.3) is 0 Å². The number of nitrogens with one attached hydrogen (secondary N) is 1. The van der Waals surface area contributed by atoms with Crippen molar-refractivity contribution in [3.05, 3.63) is 0 Å². The molecule has 3 N–H and O–H groups in total. The average Bonchev–Trinajstić information content (AvgIpc) is 2.47. The highest BCUT2D eigenvalue weighted by molar-refractivity contribution is 5.90. The second-order valence-corrected chi connectivity index (χ2v) is 4.76. The van der Waals surface area contributed by atoms with E-state index in [1.807, 2.05) is 6.92 Å². The number of hydrogen-bond acceptors (Lipinski definition) is 5. The van der Waals surface area contributed by atoms with Gasteiger partial charge in [-0.1, -0.05) is 0 Å². The van der Waals surface area contributed by atoms with Crippen LogP contribution in [0.3, 0.4) is 0 Å². The van der Waals surface area contributed by atoms with E-state index in [9.17, 15) is 9.59 Å². The maximum atomic E-state index is 12.3. The van der Waals surface area contributed by atoms with Crippen molar-refractivity contribution in [3.63, 3.8) is 0 Å². The van der Waals surface area contributed by atoms with E-state index >= 15 is 0 Å². The molecule has 1 saturated heterocycles. The molecule has 1 aliphatic heterocycles. The van der Waals surface area contributed by atoms with Gasteiger partial charge in [0.2, 0.25) is 11.8 Å². The summed E-state index contributed by atoms with van der Waals surface area (Å²) in [6, 6.07) is -1.18. The summed E-state index contributed by atoms with van der Waals surface area (Å²) in [7, 11) is 1.61. The van der Waals surface area contributed by atoms with Crippen LogP contribution >= 0.6 is 0 Å². The van der Waals surface area contributed by atoms with Gasteiger partial charge in [0.25, 0.3) is 0 Å². The number of carbonyl (C=O) groups excluding carboxylic acids is 2. The van der Waals surface area contributed by atoms with Crippen molar-refractivity contribution in [2.75, 3.05) is 40.0 Å². The Morgan fingerprint density at radius 1 is 1.55 bits per heavy atom. The molecule has 7 nitrogen and oxygen atoms in total. The second kappa shape index (κ2) is 8.89. The first-order valence-corrected chi connectivity index (χ1v) is 7.02. The Morgan fingerprint density at radius 2 is 2.30 bits per heavy atom. The van der Waals surface area contributed by atoms with E-state index in [1.54, 1.807) is 7.11 Å². The molecule has 0 radical (unpaired) electrons. The number of amides is 2. The zero-order valence-electron chi connectivity index (χ0n) is 12.3. The van der Waals surface area contributed by atoms with Crippen LogP contribution in [0.15, 0.2) is 0 Å². The van der Waals surface area contributed by atoms with Crippen molar-refractivity contribution in [2.45, 2.75) is 31.8 Å². The second-order valence-electron chi connectivity index (χ2n) is 4.76. The average molecular weight is 287 g/mol. The summed E-state index contributed by atoms with van der Waals surface area (Å²) >= 11 is 0. The Bertz CT molecular complexity index is 325. The molecule has 0 aromatic carbocycles. The predicted molar refractivity (Wildman–Crippen MR) is 74.1 cm³/mol. The van der Waals surface area contributed by atoms with Crippen LogP contribution in [-0.2, 0) is 19.1 Å². The minimum absolute atomic E-state index is 0.190. The van der Waals surface area contributed by atoms with Gasteiger partial charge in [-0.3, -0.25) is 9.59 Å². The first-order chi connectivity index (χ1) is 9.61.